The first-order chi connectivity index (χ1) is 14.0. The number of amidine groups is 1. The minimum absolute atomic E-state index is 0.207. The van der Waals surface area contributed by atoms with Gasteiger partial charge in [-0.2, -0.15) is 0 Å². The van der Waals surface area contributed by atoms with Crippen molar-refractivity contribution >= 4 is 46.2 Å². The Morgan fingerprint density at radius 2 is 2.03 bits per heavy atom. The molecule has 2 aromatic carbocycles. The number of halogens is 1. The molecular formula is C22H21ClN2O3S. The topological polar surface area (TPSA) is 59.9 Å². The van der Waals surface area contributed by atoms with Crippen LogP contribution in [0.2, 0.25) is 5.02 Å². The lowest BCUT2D eigenvalue weighted by Crippen LogP contribution is -2.19. The minimum Gasteiger partial charge on any atom is -0.493 e. The normalized spacial score (nSPS) is 16.2. The average Bonchev–Trinajstić information content (AvgIpc) is 3.06. The van der Waals surface area contributed by atoms with Crippen LogP contribution in [0.1, 0.15) is 18.1 Å². The van der Waals surface area contributed by atoms with Gasteiger partial charge in [0.05, 0.1) is 22.7 Å². The summed E-state index contributed by atoms with van der Waals surface area (Å²) in [6.07, 6.45) is 4.34. The lowest BCUT2D eigenvalue weighted by molar-refractivity contribution is -0.115. The number of amides is 1. The van der Waals surface area contributed by atoms with Crippen LogP contribution in [0.25, 0.3) is 6.08 Å². The zero-order valence-corrected chi connectivity index (χ0v) is 17.8. The Hall–Kier alpha value is -2.70. The van der Waals surface area contributed by atoms with Crippen LogP contribution in [0.4, 0.5) is 5.69 Å². The monoisotopic (exact) mass is 428 g/mol. The zero-order chi connectivity index (χ0) is 20.8. The van der Waals surface area contributed by atoms with Crippen molar-refractivity contribution in [2.75, 3.05) is 13.7 Å². The Bertz CT molecular complexity index is 984. The highest BCUT2D eigenvalue weighted by molar-refractivity contribution is 8.18. The molecular weight excluding hydrogens is 408 g/mol. The van der Waals surface area contributed by atoms with E-state index >= 15 is 0 Å². The molecule has 29 heavy (non-hydrogen) atoms. The van der Waals surface area contributed by atoms with Gasteiger partial charge in [-0.25, -0.2) is 4.99 Å². The largest absolute Gasteiger partial charge is 0.493 e. The number of hydrogen-bond acceptors (Lipinski definition) is 5. The second kappa shape index (κ2) is 9.67. The van der Waals surface area contributed by atoms with Gasteiger partial charge < -0.3 is 14.8 Å². The van der Waals surface area contributed by atoms with Crippen LogP contribution in [0.5, 0.6) is 11.5 Å². The van der Waals surface area contributed by atoms with Crippen molar-refractivity contribution in [2.45, 2.75) is 13.3 Å². The van der Waals surface area contributed by atoms with E-state index in [4.69, 9.17) is 21.1 Å². The molecule has 0 bridgehead atoms. The molecule has 0 aliphatic carbocycles. The summed E-state index contributed by atoms with van der Waals surface area (Å²) in [5.41, 5.74) is 2.76. The van der Waals surface area contributed by atoms with E-state index in [0.717, 1.165) is 17.7 Å². The molecule has 1 aliphatic heterocycles. The molecule has 1 aliphatic rings. The van der Waals surface area contributed by atoms with Gasteiger partial charge in [-0.1, -0.05) is 43.3 Å². The van der Waals surface area contributed by atoms with E-state index in [0.29, 0.717) is 33.2 Å². The fourth-order valence-electron chi connectivity index (χ4n) is 2.66. The number of hydrogen-bond donors (Lipinski definition) is 1. The Morgan fingerprint density at radius 3 is 2.69 bits per heavy atom. The number of benzene rings is 2. The number of nitrogens with zero attached hydrogens (tertiary/aromatic N) is 1. The second-order valence-corrected chi connectivity index (χ2v) is 7.57. The summed E-state index contributed by atoms with van der Waals surface area (Å²) in [5.74, 6) is 0.720. The fourth-order valence-corrected chi connectivity index (χ4v) is 3.78. The summed E-state index contributed by atoms with van der Waals surface area (Å²) in [7, 11) is 1.54. The SMILES string of the molecule is C=CCOc1c(Cl)cc(/C=C2\SC(=Nc3ccc(CC)cc3)NC2=O)cc1OC. The molecule has 150 valence electrons. The van der Waals surface area contributed by atoms with Gasteiger partial charge in [-0.05, 0) is 59.7 Å². The van der Waals surface area contributed by atoms with Crippen molar-refractivity contribution in [3.05, 3.63) is 70.1 Å². The molecule has 1 heterocycles. The van der Waals surface area contributed by atoms with Crippen molar-refractivity contribution in [3.8, 4) is 11.5 Å². The number of thioether (sulfide) groups is 1. The van der Waals surface area contributed by atoms with Crippen molar-refractivity contribution < 1.29 is 14.3 Å². The fraction of sp³-hybridized carbons (Fsp3) is 0.182. The summed E-state index contributed by atoms with van der Waals surface area (Å²) in [6, 6.07) is 11.4. The van der Waals surface area contributed by atoms with Crippen LogP contribution in [0.15, 0.2) is 59.0 Å². The first kappa shape index (κ1) is 21.0. The molecule has 5 nitrogen and oxygen atoms in total. The maximum Gasteiger partial charge on any atom is 0.264 e. The summed E-state index contributed by atoms with van der Waals surface area (Å²) >= 11 is 7.61. The molecule has 1 saturated heterocycles. The molecule has 1 N–H and O–H groups in total. The van der Waals surface area contributed by atoms with Gasteiger partial charge in [-0.15, -0.1) is 0 Å². The molecule has 1 amide bonds. The third kappa shape index (κ3) is 5.22. The predicted molar refractivity (Wildman–Crippen MR) is 120 cm³/mol. The van der Waals surface area contributed by atoms with E-state index in [9.17, 15) is 4.79 Å². The molecule has 2 aromatic rings. The zero-order valence-electron chi connectivity index (χ0n) is 16.2. The summed E-state index contributed by atoms with van der Waals surface area (Å²) in [6.45, 7) is 6.04. The Morgan fingerprint density at radius 1 is 1.28 bits per heavy atom. The van der Waals surface area contributed by atoms with Crippen LogP contribution in [0.3, 0.4) is 0 Å². The maximum absolute atomic E-state index is 12.3. The van der Waals surface area contributed by atoms with E-state index in [2.05, 4.69) is 23.8 Å². The maximum atomic E-state index is 12.3. The van der Waals surface area contributed by atoms with E-state index < -0.39 is 0 Å². The third-order valence-corrected chi connectivity index (χ3v) is 5.31. The van der Waals surface area contributed by atoms with E-state index in [1.807, 2.05) is 24.3 Å². The van der Waals surface area contributed by atoms with Gasteiger partial charge in [-0.3, -0.25) is 4.79 Å². The molecule has 0 spiro atoms. The van der Waals surface area contributed by atoms with E-state index in [-0.39, 0.29) is 5.91 Å². The standard InChI is InChI=1S/C22H21ClN2O3S/c1-4-10-28-20-17(23)11-15(12-18(20)27-3)13-19-21(26)25-22(29-19)24-16-8-6-14(5-2)7-9-16/h4,6-9,11-13H,1,5,10H2,2-3H3,(H,24,25,26)/b19-13-. The Labute approximate surface area is 179 Å². The summed E-state index contributed by atoms with van der Waals surface area (Å²) in [5, 5.41) is 3.72. The van der Waals surface area contributed by atoms with Gasteiger partial charge in [0.2, 0.25) is 0 Å². The molecule has 3 rings (SSSR count). The molecule has 0 unspecified atom stereocenters. The molecule has 0 saturated carbocycles. The quantitative estimate of drug-likeness (QED) is 0.476. The van der Waals surface area contributed by atoms with Crippen molar-refractivity contribution in [3.63, 3.8) is 0 Å². The van der Waals surface area contributed by atoms with Gasteiger partial charge in [0, 0.05) is 0 Å². The molecule has 7 heteroatoms. The lowest BCUT2D eigenvalue weighted by atomic mass is 10.2. The van der Waals surface area contributed by atoms with Gasteiger partial charge >= 0.3 is 0 Å². The second-order valence-electron chi connectivity index (χ2n) is 6.14. The molecule has 1 fully saturated rings. The Balaban J connectivity index is 1.83. The van der Waals surface area contributed by atoms with E-state index in [1.54, 1.807) is 24.3 Å². The smallest absolute Gasteiger partial charge is 0.264 e. The summed E-state index contributed by atoms with van der Waals surface area (Å²) in [4.78, 5) is 17.4. The number of aliphatic imine (C=N–C) groups is 1. The van der Waals surface area contributed by atoms with Crippen LogP contribution in [-0.2, 0) is 11.2 Å². The number of rotatable bonds is 7. The highest BCUT2D eigenvalue weighted by Gasteiger charge is 2.24. The third-order valence-electron chi connectivity index (χ3n) is 4.12. The van der Waals surface area contributed by atoms with Crippen LogP contribution in [-0.4, -0.2) is 24.8 Å². The highest BCUT2D eigenvalue weighted by Crippen LogP contribution is 2.38. The first-order valence-corrected chi connectivity index (χ1v) is 10.2. The Kier molecular flexibility index (Phi) is 7.01. The highest BCUT2D eigenvalue weighted by atomic mass is 35.5. The number of aryl methyl sites for hydroxylation is 1. The van der Waals surface area contributed by atoms with E-state index in [1.165, 1.54) is 24.4 Å². The van der Waals surface area contributed by atoms with Crippen LogP contribution in [0, 0.1) is 0 Å². The summed E-state index contributed by atoms with van der Waals surface area (Å²) < 4.78 is 10.9. The number of nitrogens with one attached hydrogen (secondary N) is 1. The number of methoxy groups -OCH3 is 1. The average molecular weight is 429 g/mol. The van der Waals surface area contributed by atoms with Crippen molar-refractivity contribution in [1.82, 2.24) is 5.32 Å². The van der Waals surface area contributed by atoms with Gasteiger partial charge in [0.1, 0.15) is 6.61 Å². The number of ether oxygens (including phenoxy) is 2. The minimum atomic E-state index is -0.207. The molecule has 0 atom stereocenters. The van der Waals surface area contributed by atoms with Crippen LogP contribution < -0.4 is 14.8 Å². The lowest BCUT2D eigenvalue weighted by Gasteiger charge is -2.12. The van der Waals surface area contributed by atoms with Crippen LogP contribution >= 0.6 is 23.4 Å². The predicted octanol–water partition coefficient (Wildman–Crippen LogP) is 5.37. The van der Waals surface area contributed by atoms with Crippen molar-refractivity contribution in [1.29, 1.82) is 0 Å². The molecule has 0 aromatic heterocycles. The van der Waals surface area contributed by atoms with Crippen molar-refractivity contribution in [2.24, 2.45) is 4.99 Å². The number of carbonyl (C=O) groups excluding carboxylic acids is 1. The number of carbonyl (C=O) groups is 1. The van der Waals surface area contributed by atoms with Gasteiger partial charge in [0.15, 0.2) is 16.7 Å². The van der Waals surface area contributed by atoms with Gasteiger partial charge in [0.25, 0.3) is 5.91 Å². The molecule has 0 radical (unpaired) electrons. The first-order valence-electron chi connectivity index (χ1n) is 9.03.